The van der Waals surface area contributed by atoms with Crippen LogP contribution in [-0.2, 0) is 0 Å². The first kappa shape index (κ1) is 17.5. The van der Waals surface area contributed by atoms with Gasteiger partial charge in [-0.25, -0.2) is 4.68 Å². The van der Waals surface area contributed by atoms with E-state index in [4.69, 9.17) is 16.3 Å². The van der Waals surface area contributed by atoms with E-state index in [2.05, 4.69) is 10.4 Å². The highest BCUT2D eigenvalue weighted by atomic mass is 35.5. The molecule has 0 radical (unpaired) electrons. The molecule has 25 heavy (non-hydrogen) atoms. The number of hydrogen-bond donors (Lipinski definition) is 1. The molecule has 2 heterocycles. The van der Waals surface area contributed by atoms with Crippen LogP contribution in [0.25, 0.3) is 5.69 Å². The molecular formula is C18H18ClN3O2S. The van der Waals surface area contributed by atoms with Crippen molar-refractivity contribution in [1.82, 2.24) is 15.1 Å². The molecule has 7 heteroatoms. The number of amides is 1. The number of methoxy groups -OCH3 is 1. The van der Waals surface area contributed by atoms with Gasteiger partial charge in [-0.05, 0) is 49.7 Å². The van der Waals surface area contributed by atoms with Gasteiger partial charge in [0, 0.05) is 11.1 Å². The van der Waals surface area contributed by atoms with Gasteiger partial charge in [-0.1, -0.05) is 17.7 Å². The van der Waals surface area contributed by atoms with Crippen molar-refractivity contribution in [2.24, 2.45) is 0 Å². The number of carbonyl (C=O) groups is 1. The average Bonchev–Trinajstić information content (AvgIpc) is 3.24. The third-order valence-electron chi connectivity index (χ3n) is 3.77. The number of thiophene rings is 1. The lowest BCUT2D eigenvalue weighted by molar-refractivity contribution is 0.0935. The van der Waals surface area contributed by atoms with Crippen LogP contribution in [0.15, 0.2) is 42.6 Å². The fraction of sp³-hybridized carbons (Fsp3) is 0.222. The minimum atomic E-state index is -0.234. The molecule has 0 saturated heterocycles. The quantitative estimate of drug-likeness (QED) is 0.719. The van der Waals surface area contributed by atoms with E-state index < -0.39 is 0 Å². The van der Waals surface area contributed by atoms with Crippen molar-refractivity contribution >= 4 is 28.8 Å². The number of rotatable bonds is 5. The molecule has 2 aromatic heterocycles. The predicted molar refractivity (Wildman–Crippen MR) is 100 cm³/mol. The van der Waals surface area contributed by atoms with Gasteiger partial charge < -0.3 is 10.1 Å². The van der Waals surface area contributed by atoms with Gasteiger partial charge in [0.2, 0.25) is 0 Å². The number of aromatic nitrogens is 2. The number of halogens is 1. The number of aryl methyl sites for hydroxylation is 1. The predicted octanol–water partition coefficient (Wildman–Crippen LogP) is 4.40. The van der Waals surface area contributed by atoms with Crippen LogP contribution in [0.1, 0.15) is 33.9 Å². The molecule has 0 aliphatic rings. The minimum absolute atomic E-state index is 0.136. The molecule has 0 aliphatic carbocycles. The Labute approximate surface area is 155 Å². The summed E-state index contributed by atoms with van der Waals surface area (Å²) in [6, 6.07) is 11.1. The normalized spacial score (nSPS) is 12.0. The van der Waals surface area contributed by atoms with Crippen molar-refractivity contribution in [3.8, 4) is 11.4 Å². The second-order valence-electron chi connectivity index (χ2n) is 5.66. The Morgan fingerprint density at radius 1 is 1.32 bits per heavy atom. The molecule has 1 amide bonds. The Bertz CT molecular complexity index is 903. The summed E-state index contributed by atoms with van der Waals surface area (Å²) in [5.41, 5.74) is 2.22. The zero-order chi connectivity index (χ0) is 18.0. The van der Waals surface area contributed by atoms with E-state index in [1.165, 1.54) is 11.3 Å². The van der Waals surface area contributed by atoms with Crippen molar-refractivity contribution < 1.29 is 9.53 Å². The van der Waals surface area contributed by atoms with Crippen LogP contribution in [0.5, 0.6) is 5.75 Å². The summed E-state index contributed by atoms with van der Waals surface area (Å²) < 4.78 is 7.72. The SMILES string of the molecule is COc1ccc(C)cc1-n1ccc(C(=O)NC(C)c2ccc(Cl)s2)n1. The first-order valence-corrected chi connectivity index (χ1v) is 8.94. The van der Waals surface area contributed by atoms with Gasteiger partial charge in [0.15, 0.2) is 5.69 Å². The van der Waals surface area contributed by atoms with Gasteiger partial charge in [-0.3, -0.25) is 4.79 Å². The van der Waals surface area contributed by atoms with Crippen molar-refractivity contribution in [3.05, 3.63) is 63.1 Å². The second-order valence-corrected chi connectivity index (χ2v) is 7.40. The first-order valence-electron chi connectivity index (χ1n) is 7.74. The molecule has 0 saturated carbocycles. The summed E-state index contributed by atoms with van der Waals surface area (Å²) in [6.45, 7) is 3.91. The Balaban J connectivity index is 1.79. The minimum Gasteiger partial charge on any atom is -0.494 e. The Hall–Kier alpha value is -2.31. The van der Waals surface area contributed by atoms with E-state index >= 15 is 0 Å². The number of nitrogens with zero attached hydrogens (tertiary/aromatic N) is 2. The number of ether oxygens (including phenoxy) is 1. The third-order valence-corrected chi connectivity index (χ3v) is 5.19. The molecule has 0 aliphatic heterocycles. The maximum atomic E-state index is 12.5. The van der Waals surface area contributed by atoms with Crippen molar-refractivity contribution in [2.75, 3.05) is 7.11 Å². The third kappa shape index (κ3) is 3.86. The smallest absolute Gasteiger partial charge is 0.272 e. The topological polar surface area (TPSA) is 56.1 Å². The summed E-state index contributed by atoms with van der Waals surface area (Å²) in [7, 11) is 1.61. The monoisotopic (exact) mass is 375 g/mol. The maximum absolute atomic E-state index is 12.5. The summed E-state index contributed by atoms with van der Waals surface area (Å²) in [5.74, 6) is 0.463. The fourth-order valence-electron chi connectivity index (χ4n) is 2.46. The zero-order valence-electron chi connectivity index (χ0n) is 14.1. The molecule has 1 aromatic carbocycles. The molecular weight excluding hydrogens is 358 g/mol. The molecule has 3 rings (SSSR count). The summed E-state index contributed by atoms with van der Waals surface area (Å²) in [5, 5.41) is 7.32. The fourth-order valence-corrected chi connectivity index (χ4v) is 3.52. The number of nitrogens with one attached hydrogen (secondary N) is 1. The molecule has 1 unspecified atom stereocenters. The van der Waals surface area contributed by atoms with Crippen LogP contribution in [0, 0.1) is 6.92 Å². The highest BCUT2D eigenvalue weighted by Crippen LogP contribution is 2.27. The van der Waals surface area contributed by atoms with Gasteiger partial charge in [0.05, 0.1) is 17.5 Å². The Kier molecular flexibility index (Phi) is 5.11. The summed E-state index contributed by atoms with van der Waals surface area (Å²) in [6.07, 6.45) is 1.75. The molecule has 130 valence electrons. The van der Waals surface area contributed by atoms with E-state index in [9.17, 15) is 4.79 Å². The van der Waals surface area contributed by atoms with Gasteiger partial charge in [-0.2, -0.15) is 5.10 Å². The summed E-state index contributed by atoms with van der Waals surface area (Å²) in [4.78, 5) is 13.5. The van der Waals surface area contributed by atoms with E-state index in [1.807, 2.05) is 44.2 Å². The Morgan fingerprint density at radius 2 is 2.12 bits per heavy atom. The van der Waals surface area contributed by atoms with Gasteiger partial charge >= 0.3 is 0 Å². The standard InChI is InChI=1S/C18H18ClN3O2S/c1-11-4-5-15(24-3)14(10-11)22-9-8-13(21-22)18(23)20-12(2)16-6-7-17(19)25-16/h4-10,12H,1-3H3,(H,20,23). The van der Waals surface area contributed by atoms with Crippen LogP contribution < -0.4 is 10.1 Å². The molecule has 1 atom stereocenters. The van der Waals surface area contributed by atoms with E-state index in [1.54, 1.807) is 24.1 Å². The number of benzene rings is 1. The lowest BCUT2D eigenvalue weighted by Gasteiger charge is -2.11. The average molecular weight is 376 g/mol. The molecule has 0 bridgehead atoms. The van der Waals surface area contributed by atoms with Crippen LogP contribution in [-0.4, -0.2) is 22.8 Å². The molecule has 0 spiro atoms. The molecule has 3 aromatic rings. The van der Waals surface area contributed by atoms with Crippen LogP contribution in [0.3, 0.4) is 0 Å². The van der Waals surface area contributed by atoms with Gasteiger partial charge in [-0.15, -0.1) is 11.3 Å². The van der Waals surface area contributed by atoms with E-state index in [0.717, 1.165) is 16.1 Å². The number of hydrogen-bond acceptors (Lipinski definition) is 4. The molecule has 0 fully saturated rings. The highest BCUT2D eigenvalue weighted by Gasteiger charge is 2.16. The largest absolute Gasteiger partial charge is 0.494 e. The molecule has 1 N–H and O–H groups in total. The first-order chi connectivity index (χ1) is 12.0. The number of carbonyl (C=O) groups excluding carboxylic acids is 1. The van der Waals surface area contributed by atoms with E-state index in [0.29, 0.717) is 15.8 Å². The summed E-state index contributed by atoms with van der Waals surface area (Å²) >= 11 is 7.40. The zero-order valence-corrected chi connectivity index (χ0v) is 15.7. The van der Waals surface area contributed by atoms with Gasteiger partial charge in [0.25, 0.3) is 5.91 Å². The van der Waals surface area contributed by atoms with Gasteiger partial charge in [0.1, 0.15) is 11.4 Å². The lowest BCUT2D eigenvalue weighted by Crippen LogP contribution is -2.26. The van der Waals surface area contributed by atoms with Crippen LogP contribution in [0.4, 0.5) is 0 Å². The maximum Gasteiger partial charge on any atom is 0.272 e. The Morgan fingerprint density at radius 3 is 2.80 bits per heavy atom. The van der Waals surface area contributed by atoms with E-state index in [-0.39, 0.29) is 11.9 Å². The second kappa shape index (κ2) is 7.29. The van der Waals surface area contributed by atoms with Crippen molar-refractivity contribution in [2.45, 2.75) is 19.9 Å². The highest BCUT2D eigenvalue weighted by molar-refractivity contribution is 7.16. The van der Waals surface area contributed by atoms with Crippen molar-refractivity contribution in [1.29, 1.82) is 0 Å². The lowest BCUT2D eigenvalue weighted by atomic mass is 10.2. The van der Waals surface area contributed by atoms with Crippen LogP contribution >= 0.6 is 22.9 Å². The van der Waals surface area contributed by atoms with Crippen LogP contribution in [0.2, 0.25) is 4.34 Å². The molecule has 5 nitrogen and oxygen atoms in total. The van der Waals surface area contributed by atoms with Crippen molar-refractivity contribution in [3.63, 3.8) is 0 Å².